The number of hydrogen-bond acceptors (Lipinski definition) is 4. The molecule has 1 aliphatic rings. The van der Waals surface area contributed by atoms with Gasteiger partial charge in [0.05, 0.1) is 6.07 Å². The van der Waals surface area contributed by atoms with E-state index in [1.807, 2.05) is 0 Å². The van der Waals surface area contributed by atoms with E-state index in [4.69, 9.17) is 5.26 Å². The van der Waals surface area contributed by atoms with E-state index in [1.54, 1.807) is 6.07 Å². The van der Waals surface area contributed by atoms with E-state index < -0.39 is 21.3 Å². The Kier molecular flexibility index (Phi) is 3.08. The Morgan fingerprint density at radius 2 is 2.36 bits per heavy atom. The second-order valence-electron chi connectivity index (χ2n) is 3.14. The van der Waals surface area contributed by atoms with Crippen LogP contribution in [-0.2, 0) is 14.8 Å². The van der Waals surface area contributed by atoms with Gasteiger partial charge in [0.15, 0.2) is 5.25 Å². The monoisotopic (exact) mass is 217 g/mol. The van der Waals surface area contributed by atoms with E-state index >= 15 is 0 Å². The molecule has 0 spiro atoms. The quantitative estimate of drug-likeness (QED) is 0.614. The highest BCUT2D eigenvalue weighted by atomic mass is 32.2. The van der Waals surface area contributed by atoms with Gasteiger partial charge in [-0.3, -0.25) is 4.79 Å². The topological polar surface area (TPSA) is 99.1 Å². The van der Waals surface area contributed by atoms with Crippen molar-refractivity contribution < 1.29 is 13.2 Å². The molecule has 1 amide bonds. The maximum atomic E-state index is 11.4. The molecule has 0 aliphatic carbocycles. The molecule has 6 nitrogen and oxygen atoms in total. The van der Waals surface area contributed by atoms with E-state index in [1.165, 1.54) is 6.92 Å². The van der Waals surface area contributed by atoms with Gasteiger partial charge < -0.3 is 5.32 Å². The minimum Gasteiger partial charge on any atom is -0.354 e. The first-order valence-electron chi connectivity index (χ1n) is 4.13. The molecule has 1 rings (SSSR count). The van der Waals surface area contributed by atoms with E-state index in [-0.39, 0.29) is 18.9 Å². The smallest absolute Gasteiger partial charge is 0.228 e. The highest BCUT2D eigenvalue weighted by Gasteiger charge is 2.28. The van der Waals surface area contributed by atoms with Gasteiger partial charge in [0.1, 0.15) is 0 Å². The summed E-state index contributed by atoms with van der Waals surface area (Å²) in [5, 5.41) is 9.85. The molecule has 1 fully saturated rings. The van der Waals surface area contributed by atoms with E-state index in [0.717, 1.165) is 0 Å². The maximum Gasteiger partial charge on any atom is 0.228 e. The number of nitriles is 1. The van der Waals surface area contributed by atoms with Crippen molar-refractivity contribution in [3.8, 4) is 6.07 Å². The first kappa shape index (κ1) is 10.9. The van der Waals surface area contributed by atoms with E-state index in [9.17, 15) is 13.2 Å². The van der Waals surface area contributed by atoms with Gasteiger partial charge >= 0.3 is 0 Å². The van der Waals surface area contributed by atoms with Gasteiger partial charge in [-0.05, 0) is 6.92 Å². The molecule has 1 aliphatic heterocycles. The van der Waals surface area contributed by atoms with Gasteiger partial charge in [0, 0.05) is 19.0 Å². The van der Waals surface area contributed by atoms with Crippen LogP contribution in [0.5, 0.6) is 0 Å². The van der Waals surface area contributed by atoms with Gasteiger partial charge in [0.2, 0.25) is 15.9 Å². The zero-order valence-corrected chi connectivity index (χ0v) is 8.47. The number of sulfonamides is 1. The van der Waals surface area contributed by atoms with Gasteiger partial charge in [-0.25, -0.2) is 13.1 Å². The second-order valence-corrected chi connectivity index (χ2v) is 5.17. The van der Waals surface area contributed by atoms with Gasteiger partial charge in [-0.1, -0.05) is 0 Å². The summed E-state index contributed by atoms with van der Waals surface area (Å²) in [4.78, 5) is 10.8. The highest BCUT2D eigenvalue weighted by Crippen LogP contribution is 2.04. The summed E-state index contributed by atoms with van der Waals surface area (Å²) in [5.41, 5.74) is 0. The zero-order valence-electron chi connectivity index (χ0n) is 7.65. The standard InChI is InChI=1S/C7H11N3O3S/c1-5(3-8)14(12,13)10-6-2-7(11)9-4-6/h5-6,10H,2,4H2,1H3,(H,9,11). The van der Waals surface area contributed by atoms with Gasteiger partial charge in [-0.2, -0.15) is 5.26 Å². The molecule has 0 bridgehead atoms. The normalized spacial score (nSPS) is 24.0. The van der Waals surface area contributed by atoms with Gasteiger partial charge in [0.25, 0.3) is 0 Å². The Labute approximate surface area is 82.3 Å². The number of nitrogens with zero attached hydrogens (tertiary/aromatic N) is 1. The van der Waals surface area contributed by atoms with Crippen LogP contribution in [0.1, 0.15) is 13.3 Å². The summed E-state index contributed by atoms with van der Waals surface area (Å²) in [5.74, 6) is -0.178. The fourth-order valence-electron chi connectivity index (χ4n) is 1.09. The molecule has 78 valence electrons. The van der Waals surface area contributed by atoms with Crippen molar-refractivity contribution in [2.45, 2.75) is 24.6 Å². The van der Waals surface area contributed by atoms with Crippen LogP contribution < -0.4 is 10.0 Å². The summed E-state index contributed by atoms with van der Waals surface area (Å²) in [7, 11) is -3.62. The summed E-state index contributed by atoms with van der Waals surface area (Å²) in [6.45, 7) is 1.59. The fourth-order valence-corrected chi connectivity index (χ4v) is 2.07. The predicted molar refractivity (Wildman–Crippen MR) is 48.5 cm³/mol. The number of rotatable bonds is 3. The van der Waals surface area contributed by atoms with Crippen LogP contribution in [0.2, 0.25) is 0 Å². The van der Waals surface area contributed by atoms with E-state index in [0.29, 0.717) is 0 Å². The molecule has 0 aromatic heterocycles. The summed E-state index contributed by atoms with van der Waals surface area (Å²) >= 11 is 0. The first-order valence-corrected chi connectivity index (χ1v) is 5.68. The Hall–Kier alpha value is -1.13. The molecule has 2 atom stereocenters. The van der Waals surface area contributed by atoms with Crippen molar-refractivity contribution in [3.63, 3.8) is 0 Å². The van der Waals surface area contributed by atoms with Gasteiger partial charge in [-0.15, -0.1) is 0 Å². The molecule has 7 heteroatoms. The molecule has 0 saturated carbocycles. The summed E-state index contributed by atoms with van der Waals surface area (Å²) in [6.07, 6.45) is 0.136. The molecule has 0 aromatic rings. The van der Waals surface area contributed by atoms with E-state index in [2.05, 4.69) is 10.0 Å². The highest BCUT2D eigenvalue weighted by molar-refractivity contribution is 7.90. The lowest BCUT2D eigenvalue weighted by Crippen LogP contribution is -2.40. The first-order chi connectivity index (χ1) is 6.45. The predicted octanol–water partition coefficient (Wildman–Crippen LogP) is -1.29. The van der Waals surface area contributed by atoms with Crippen LogP contribution in [0.25, 0.3) is 0 Å². The lowest BCUT2D eigenvalue weighted by molar-refractivity contribution is -0.119. The Morgan fingerprint density at radius 3 is 2.79 bits per heavy atom. The number of nitrogens with one attached hydrogen (secondary N) is 2. The van der Waals surface area contributed by atoms with Crippen molar-refractivity contribution >= 4 is 15.9 Å². The third kappa shape index (κ3) is 2.43. The Bertz CT molecular complexity index is 370. The average molecular weight is 217 g/mol. The molecule has 1 heterocycles. The largest absolute Gasteiger partial charge is 0.354 e. The Balaban J connectivity index is 2.61. The zero-order chi connectivity index (χ0) is 10.8. The molecular formula is C7H11N3O3S. The molecule has 1 saturated heterocycles. The third-order valence-corrected chi connectivity index (χ3v) is 3.65. The van der Waals surface area contributed by atoms with Crippen LogP contribution in [-0.4, -0.2) is 32.2 Å². The lowest BCUT2D eigenvalue weighted by atomic mass is 10.3. The maximum absolute atomic E-state index is 11.4. The number of carbonyl (C=O) groups is 1. The lowest BCUT2D eigenvalue weighted by Gasteiger charge is -2.11. The minimum atomic E-state index is -3.62. The average Bonchev–Trinajstić information content (AvgIpc) is 2.48. The SMILES string of the molecule is CC(C#N)S(=O)(=O)NC1CNC(=O)C1. The minimum absolute atomic E-state index is 0.136. The fraction of sp³-hybridized carbons (Fsp3) is 0.714. The van der Waals surface area contributed by atoms with Crippen LogP contribution in [0.3, 0.4) is 0 Å². The number of amides is 1. The Morgan fingerprint density at radius 1 is 1.71 bits per heavy atom. The van der Waals surface area contributed by atoms with Crippen molar-refractivity contribution in [2.75, 3.05) is 6.54 Å². The second kappa shape index (κ2) is 3.94. The molecule has 0 aromatic carbocycles. The van der Waals surface area contributed by atoms with Crippen molar-refractivity contribution in [3.05, 3.63) is 0 Å². The molecule has 2 unspecified atom stereocenters. The molecular weight excluding hydrogens is 206 g/mol. The number of carbonyl (C=O) groups excluding carboxylic acids is 1. The van der Waals surface area contributed by atoms with Crippen molar-refractivity contribution in [1.82, 2.24) is 10.0 Å². The number of hydrogen-bond donors (Lipinski definition) is 2. The van der Waals surface area contributed by atoms with Crippen molar-refractivity contribution in [1.29, 1.82) is 5.26 Å². The third-order valence-electron chi connectivity index (χ3n) is 1.96. The molecule has 0 radical (unpaired) electrons. The van der Waals surface area contributed by atoms with Crippen LogP contribution in [0.4, 0.5) is 0 Å². The summed E-state index contributed by atoms with van der Waals surface area (Å²) < 4.78 is 25.0. The van der Waals surface area contributed by atoms with Crippen molar-refractivity contribution in [2.24, 2.45) is 0 Å². The molecule has 2 N–H and O–H groups in total. The van der Waals surface area contributed by atoms with Crippen LogP contribution >= 0.6 is 0 Å². The van der Waals surface area contributed by atoms with Crippen LogP contribution in [0, 0.1) is 11.3 Å². The van der Waals surface area contributed by atoms with Crippen LogP contribution in [0.15, 0.2) is 0 Å². The summed E-state index contributed by atoms with van der Waals surface area (Å²) in [6, 6.07) is 1.21. The molecule has 14 heavy (non-hydrogen) atoms.